The molecule has 3 aromatic carbocycles. The quantitative estimate of drug-likeness (QED) is 0.271. The highest BCUT2D eigenvalue weighted by molar-refractivity contribution is 6.35. The van der Waals surface area contributed by atoms with Crippen LogP contribution in [0, 0.1) is 11.6 Å². The molecule has 0 saturated heterocycles. The molecule has 1 aromatic heterocycles. The fourth-order valence-corrected chi connectivity index (χ4v) is 3.51. The Morgan fingerprint density at radius 3 is 2.60 bits per heavy atom. The first-order valence-electron chi connectivity index (χ1n) is 10.3. The van der Waals surface area contributed by atoms with E-state index in [-0.39, 0.29) is 35.1 Å². The highest BCUT2D eigenvalue weighted by Gasteiger charge is 2.22. The molecule has 0 saturated carbocycles. The second-order valence-corrected chi connectivity index (χ2v) is 7.72. The van der Waals surface area contributed by atoms with Crippen LogP contribution in [0.1, 0.15) is 15.9 Å². The van der Waals surface area contributed by atoms with Gasteiger partial charge in [-0.05, 0) is 48.5 Å². The molecule has 4 N–H and O–H groups in total. The summed E-state index contributed by atoms with van der Waals surface area (Å²) in [4.78, 5) is 34.0. The monoisotopic (exact) mass is 497 g/mol. The molecule has 0 atom stereocenters. The minimum atomic E-state index is -1.03. The molecule has 0 spiro atoms. The minimum Gasteiger partial charge on any atom is -0.395 e. The number of carbonyl (C=O) groups is 2. The smallest absolute Gasteiger partial charge is 0.323 e. The van der Waals surface area contributed by atoms with Crippen LogP contribution in [-0.4, -0.2) is 40.0 Å². The number of hydrogen-bond acceptors (Lipinski definition) is 6. The summed E-state index contributed by atoms with van der Waals surface area (Å²) in [5.41, 5.74) is 0.428. The zero-order chi connectivity index (χ0) is 24.9. The molecule has 0 radical (unpaired) electrons. The Morgan fingerprint density at radius 2 is 1.83 bits per heavy atom. The normalized spacial score (nSPS) is 10.7. The maximum absolute atomic E-state index is 15.3. The Hall–Kier alpha value is -4.15. The van der Waals surface area contributed by atoms with E-state index in [4.69, 9.17) is 16.7 Å². The largest absolute Gasteiger partial charge is 0.395 e. The Kier molecular flexibility index (Phi) is 7.14. The van der Waals surface area contributed by atoms with Crippen molar-refractivity contribution in [1.29, 1.82) is 0 Å². The first kappa shape index (κ1) is 24.0. The summed E-state index contributed by atoms with van der Waals surface area (Å²) in [5, 5.41) is 16.4. The lowest BCUT2D eigenvalue weighted by molar-refractivity contribution is 0.103. The average Bonchev–Trinajstić information content (AvgIpc) is 2.84. The van der Waals surface area contributed by atoms with Crippen LogP contribution in [0.25, 0.3) is 11.0 Å². The predicted molar refractivity (Wildman–Crippen MR) is 129 cm³/mol. The zero-order valence-corrected chi connectivity index (χ0v) is 18.7. The highest BCUT2D eigenvalue weighted by Crippen LogP contribution is 2.29. The number of urea groups is 1. The lowest BCUT2D eigenvalue weighted by atomic mass is 10.0. The number of anilines is 3. The third-order valence-electron chi connectivity index (χ3n) is 4.87. The molecule has 8 nitrogen and oxygen atoms in total. The summed E-state index contributed by atoms with van der Waals surface area (Å²) in [6, 6.07) is 11.3. The van der Waals surface area contributed by atoms with Gasteiger partial charge in [0.1, 0.15) is 11.6 Å². The number of benzene rings is 3. The number of carbonyl (C=O) groups excluding carboxylic acids is 2. The van der Waals surface area contributed by atoms with E-state index in [2.05, 4.69) is 25.9 Å². The maximum atomic E-state index is 15.3. The van der Waals surface area contributed by atoms with Crippen LogP contribution in [0.15, 0.2) is 60.8 Å². The van der Waals surface area contributed by atoms with Gasteiger partial charge < -0.3 is 21.1 Å². The van der Waals surface area contributed by atoms with Gasteiger partial charge in [-0.3, -0.25) is 9.78 Å². The van der Waals surface area contributed by atoms with Gasteiger partial charge in [-0.2, -0.15) is 0 Å². The summed E-state index contributed by atoms with van der Waals surface area (Å²) in [7, 11) is 0. The Labute approximate surface area is 203 Å². The lowest BCUT2D eigenvalue weighted by Gasteiger charge is -2.12. The van der Waals surface area contributed by atoms with Crippen LogP contribution >= 0.6 is 11.6 Å². The maximum Gasteiger partial charge on any atom is 0.323 e. The zero-order valence-electron chi connectivity index (χ0n) is 18.0. The second kappa shape index (κ2) is 10.4. The third-order valence-corrected chi connectivity index (χ3v) is 5.19. The van der Waals surface area contributed by atoms with Crippen molar-refractivity contribution in [2.45, 2.75) is 0 Å². The number of rotatable bonds is 7. The molecule has 2 amide bonds. The average molecular weight is 498 g/mol. The minimum absolute atomic E-state index is 0.0966. The van der Waals surface area contributed by atoms with Gasteiger partial charge in [-0.1, -0.05) is 17.7 Å². The van der Waals surface area contributed by atoms with E-state index in [1.54, 1.807) is 6.07 Å². The molecule has 0 fully saturated rings. The molecule has 11 heteroatoms. The topological polar surface area (TPSA) is 116 Å². The van der Waals surface area contributed by atoms with E-state index in [0.29, 0.717) is 16.9 Å². The van der Waals surface area contributed by atoms with Crippen molar-refractivity contribution < 1.29 is 23.5 Å². The van der Waals surface area contributed by atoms with Crippen LogP contribution in [0.5, 0.6) is 0 Å². The molecule has 0 unspecified atom stereocenters. The van der Waals surface area contributed by atoms with Crippen LogP contribution in [0.4, 0.5) is 30.8 Å². The number of hydrogen-bond donors (Lipinski definition) is 4. The van der Waals surface area contributed by atoms with E-state index in [0.717, 1.165) is 6.07 Å². The van der Waals surface area contributed by atoms with Crippen molar-refractivity contribution in [1.82, 2.24) is 9.97 Å². The van der Waals surface area contributed by atoms with Gasteiger partial charge >= 0.3 is 6.03 Å². The summed E-state index contributed by atoms with van der Waals surface area (Å²) >= 11 is 6.14. The number of aliphatic hydroxyl groups is 1. The summed E-state index contributed by atoms with van der Waals surface area (Å²) in [6.45, 7) is 0.173. The van der Waals surface area contributed by atoms with Crippen molar-refractivity contribution in [3.05, 3.63) is 88.6 Å². The fourth-order valence-electron chi connectivity index (χ4n) is 3.27. The van der Waals surface area contributed by atoms with Gasteiger partial charge in [0, 0.05) is 17.8 Å². The third kappa shape index (κ3) is 5.51. The number of nitrogens with one attached hydrogen (secondary N) is 3. The molecule has 0 aliphatic rings. The van der Waals surface area contributed by atoms with Gasteiger partial charge in [0.2, 0.25) is 0 Å². The standard InChI is InChI=1S/C24H18ClF2N5O3/c25-16-5-7-18(32-24(35)30-15-3-1-2-14(26)11-15)22(27)21(16)23(34)13-4-6-17-19(10-13)31-20(12-29-17)28-8-9-33/h1-7,10-12,33H,8-9H2,(H,28,31)(H2,30,32,35). The van der Waals surface area contributed by atoms with Crippen molar-refractivity contribution in [3.8, 4) is 0 Å². The van der Waals surface area contributed by atoms with Crippen LogP contribution < -0.4 is 16.0 Å². The molecule has 0 aliphatic carbocycles. The molecular formula is C24H18ClF2N5O3. The van der Waals surface area contributed by atoms with Gasteiger partial charge in [0.15, 0.2) is 11.6 Å². The summed E-state index contributed by atoms with van der Waals surface area (Å²) in [5.74, 6) is -1.90. The van der Waals surface area contributed by atoms with E-state index in [9.17, 15) is 14.0 Å². The van der Waals surface area contributed by atoms with E-state index < -0.39 is 29.0 Å². The molecule has 178 valence electrons. The number of amides is 2. The molecule has 35 heavy (non-hydrogen) atoms. The highest BCUT2D eigenvalue weighted by atomic mass is 35.5. The molecular weight excluding hydrogens is 480 g/mol. The molecule has 0 bridgehead atoms. The Balaban J connectivity index is 1.60. The number of halogens is 3. The van der Waals surface area contributed by atoms with Crippen LogP contribution in [-0.2, 0) is 0 Å². The summed E-state index contributed by atoms with van der Waals surface area (Å²) in [6.07, 6.45) is 1.49. The Bertz CT molecular complexity index is 1430. The van der Waals surface area contributed by atoms with Crippen LogP contribution in [0.3, 0.4) is 0 Å². The van der Waals surface area contributed by atoms with Crippen molar-refractivity contribution in [2.24, 2.45) is 0 Å². The van der Waals surface area contributed by atoms with Crippen molar-refractivity contribution in [3.63, 3.8) is 0 Å². The molecule has 4 rings (SSSR count). The Morgan fingerprint density at radius 1 is 1.00 bits per heavy atom. The molecule has 4 aromatic rings. The second-order valence-electron chi connectivity index (χ2n) is 7.31. The van der Waals surface area contributed by atoms with Gasteiger partial charge in [-0.25, -0.2) is 18.6 Å². The lowest BCUT2D eigenvalue weighted by Crippen LogP contribution is -2.21. The molecule has 0 aliphatic heterocycles. The van der Waals surface area contributed by atoms with Gasteiger partial charge in [0.05, 0.1) is 40.1 Å². The van der Waals surface area contributed by atoms with E-state index in [1.165, 1.54) is 48.7 Å². The van der Waals surface area contributed by atoms with Crippen LogP contribution in [0.2, 0.25) is 5.02 Å². The number of aromatic nitrogens is 2. The summed E-state index contributed by atoms with van der Waals surface area (Å²) < 4.78 is 28.6. The SMILES string of the molecule is O=C(Nc1cccc(F)c1)Nc1ccc(Cl)c(C(=O)c2ccc3ncc(NCCO)nc3c2)c1F. The van der Waals surface area contributed by atoms with E-state index >= 15 is 4.39 Å². The van der Waals surface area contributed by atoms with E-state index in [1.807, 2.05) is 0 Å². The van der Waals surface area contributed by atoms with Crippen molar-refractivity contribution >= 4 is 51.6 Å². The van der Waals surface area contributed by atoms with Gasteiger partial charge in [-0.15, -0.1) is 0 Å². The fraction of sp³-hybridized carbons (Fsp3) is 0.0833. The van der Waals surface area contributed by atoms with Gasteiger partial charge in [0.25, 0.3) is 0 Å². The van der Waals surface area contributed by atoms with Crippen molar-refractivity contribution in [2.75, 3.05) is 29.1 Å². The number of ketones is 1. The molecule has 1 heterocycles. The first-order chi connectivity index (χ1) is 16.9. The first-order valence-corrected chi connectivity index (χ1v) is 10.7. The number of aliphatic hydroxyl groups excluding tert-OH is 1. The predicted octanol–water partition coefficient (Wildman–Crippen LogP) is 4.84. The number of nitrogens with zero attached hydrogens (tertiary/aromatic N) is 2. The number of fused-ring (bicyclic) bond motifs is 1.